The Balaban J connectivity index is 2.07. The Hall–Kier alpha value is -0.711. The van der Waals surface area contributed by atoms with Gasteiger partial charge in [0.2, 0.25) is 0 Å². The second kappa shape index (κ2) is 7.78. The van der Waals surface area contributed by atoms with E-state index in [4.69, 9.17) is 11.6 Å². The van der Waals surface area contributed by atoms with E-state index < -0.39 is 0 Å². The first-order valence-corrected chi connectivity index (χ1v) is 9.60. The van der Waals surface area contributed by atoms with Gasteiger partial charge < -0.3 is 0 Å². The van der Waals surface area contributed by atoms with Crippen molar-refractivity contribution in [3.63, 3.8) is 0 Å². The van der Waals surface area contributed by atoms with Crippen LogP contribution in [0.5, 0.6) is 0 Å². The first-order chi connectivity index (χ1) is 9.29. The Morgan fingerprint density at radius 3 is 2.68 bits per heavy atom. The van der Waals surface area contributed by atoms with Gasteiger partial charge in [0.25, 0.3) is 0 Å². The standard InChI is InChI=1S/C16H15ClSSe/c1-2-3-12-19-16-14(10-11-18-16)7-4-13-5-8-15(17)9-6-13/h5-6,8-11H,2-3,12H2,1H3. The van der Waals surface area contributed by atoms with Gasteiger partial charge in [0.15, 0.2) is 0 Å². The molecule has 0 fully saturated rings. The molecule has 0 aliphatic heterocycles. The van der Waals surface area contributed by atoms with Crippen LogP contribution in [0.4, 0.5) is 0 Å². The van der Waals surface area contributed by atoms with E-state index in [9.17, 15) is 0 Å². The summed E-state index contributed by atoms with van der Waals surface area (Å²) in [7, 11) is 0. The fourth-order valence-electron chi connectivity index (χ4n) is 1.48. The van der Waals surface area contributed by atoms with Crippen molar-refractivity contribution in [1.82, 2.24) is 0 Å². The van der Waals surface area contributed by atoms with Gasteiger partial charge >= 0.3 is 130 Å². The third-order valence-corrected chi connectivity index (χ3v) is 6.77. The first kappa shape index (κ1) is 14.7. The van der Waals surface area contributed by atoms with Crippen molar-refractivity contribution in [1.29, 1.82) is 0 Å². The van der Waals surface area contributed by atoms with Crippen LogP contribution in [0, 0.1) is 11.8 Å². The molecule has 0 spiro atoms. The third kappa shape index (κ3) is 4.71. The Bertz CT molecular complexity index is 575. The van der Waals surface area contributed by atoms with Crippen molar-refractivity contribution >= 4 is 41.7 Å². The van der Waals surface area contributed by atoms with Crippen molar-refractivity contribution in [2.75, 3.05) is 0 Å². The molecule has 0 nitrogen and oxygen atoms in total. The maximum absolute atomic E-state index is 5.86. The van der Waals surface area contributed by atoms with Crippen LogP contribution in [0.1, 0.15) is 30.9 Å². The number of benzene rings is 1. The summed E-state index contributed by atoms with van der Waals surface area (Å²) < 4.78 is 1.47. The zero-order valence-corrected chi connectivity index (χ0v) is 14.1. The van der Waals surface area contributed by atoms with Crippen LogP contribution in [0.3, 0.4) is 0 Å². The van der Waals surface area contributed by atoms with Crippen molar-refractivity contribution < 1.29 is 0 Å². The maximum atomic E-state index is 5.86. The number of hydrogen-bond acceptors (Lipinski definition) is 1. The fraction of sp³-hybridized carbons (Fsp3) is 0.250. The summed E-state index contributed by atoms with van der Waals surface area (Å²) in [6.45, 7) is 2.24. The molecule has 1 heterocycles. The van der Waals surface area contributed by atoms with Crippen LogP contribution in [0.2, 0.25) is 10.3 Å². The van der Waals surface area contributed by atoms with Gasteiger partial charge in [0.1, 0.15) is 0 Å². The van der Waals surface area contributed by atoms with Gasteiger partial charge in [-0.3, -0.25) is 0 Å². The van der Waals surface area contributed by atoms with Crippen molar-refractivity contribution in [2.45, 2.75) is 25.1 Å². The Morgan fingerprint density at radius 2 is 1.95 bits per heavy atom. The van der Waals surface area contributed by atoms with Gasteiger partial charge in [-0.25, -0.2) is 0 Å². The van der Waals surface area contributed by atoms with Gasteiger partial charge in [0.05, 0.1) is 0 Å². The molecule has 0 aliphatic rings. The summed E-state index contributed by atoms with van der Waals surface area (Å²) in [6, 6.07) is 9.82. The molecule has 0 bridgehead atoms. The van der Waals surface area contributed by atoms with E-state index >= 15 is 0 Å². The Morgan fingerprint density at radius 1 is 1.16 bits per heavy atom. The minimum atomic E-state index is 0.578. The molecule has 0 amide bonds. The van der Waals surface area contributed by atoms with E-state index in [0.29, 0.717) is 15.0 Å². The molecule has 0 unspecified atom stereocenters. The molecule has 0 saturated carbocycles. The van der Waals surface area contributed by atoms with Crippen molar-refractivity contribution in [2.24, 2.45) is 0 Å². The van der Waals surface area contributed by atoms with E-state index in [-0.39, 0.29) is 0 Å². The topological polar surface area (TPSA) is 0 Å². The predicted molar refractivity (Wildman–Crippen MR) is 86.9 cm³/mol. The summed E-state index contributed by atoms with van der Waals surface area (Å²) in [5.74, 6) is 6.50. The van der Waals surface area contributed by atoms with Crippen LogP contribution in [0.25, 0.3) is 0 Å². The van der Waals surface area contributed by atoms with E-state index in [0.717, 1.165) is 10.6 Å². The summed E-state index contributed by atoms with van der Waals surface area (Å²) in [5, 5.41) is 4.22. The van der Waals surface area contributed by atoms with Crippen LogP contribution in [0.15, 0.2) is 35.7 Å². The average Bonchev–Trinajstić information content (AvgIpc) is 2.86. The SMILES string of the molecule is CCCC[Se]c1sccc1C#Cc1ccc(Cl)cc1. The molecule has 2 aromatic rings. The number of hydrogen-bond donors (Lipinski definition) is 0. The molecule has 98 valence electrons. The molecule has 0 N–H and O–H groups in total. The van der Waals surface area contributed by atoms with Crippen LogP contribution >= 0.6 is 22.9 Å². The molecule has 3 heteroatoms. The fourth-order valence-corrected chi connectivity index (χ4v) is 5.33. The number of unbranched alkanes of at least 4 members (excludes halogenated alkanes) is 1. The van der Waals surface area contributed by atoms with Gasteiger partial charge in [-0.05, 0) is 0 Å². The van der Waals surface area contributed by atoms with E-state index in [2.05, 4.69) is 30.2 Å². The first-order valence-electron chi connectivity index (χ1n) is 6.27. The summed E-state index contributed by atoms with van der Waals surface area (Å²) in [5.41, 5.74) is 2.22. The third-order valence-electron chi connectivity index (χ3n) is 2.55. The van der Waals surface area contributed by atoms with E-state index in [1.807, 2.05) is 35.6 Å². The van der Waals surface area contributed by atoms with Crippen molar-refractivity contribution in [3.05, 3.63) is 51.9 Å². The second-order valence-corrected chi connectivity index (χ2v) is 8.34. The quantitative estimate of drug-likeness (QED) is 0.435. The summed E-state index contributed by atoms with van der Waals surface area (Å²) >= 11 is 8.28. The predicted octanol–water partition coefficient (Wildman–Crippen LogP) is 4.35. The van der Waals surface area contributed by atoms with Crippen LogP contribution in [-0.2, 0) is 0 Å². The molecule has 0 atom stereocenters. The minimum absolute atomic E-state index is 0.578. The average molecular weight is 354 g/mol. The van der Waals surface area contributed by atoms with E-state index in [1.165, 1.54) is 27.5 Å². The number of halogens is 1. The molecule has 19 heavy (non-hydrogen) atoms. The molecule has 2 rings (SSSR count). The number of thiophene rings is 1. The molecule has 0 aliphatic carbocycles. The molecule has 0 radical (unpaired) electrons. The van der Waals surface area contributed by atoms with Crippen LogP contribution < -0.4 is 3.78 Å². The molecular weight excluding hydrogens is 339 g/mol. The van der Waals surface area contributed by atoms with Gasteiger partial charge in [-0.2, -0.15) is 0 Å². The Labute approximate surface area is 130 Å². The van der Waals surface area contributed by atoms with Crippen LogP contribution in [-0.4, -0.2) is 15.0 Å². The number of rotatable bonds is 4. The monoisotopic (exact) mass is 354 g/mol. The normalized spacial score (nSPS) is 10.0. The van der Waals surface area contributed by atoms with Gasteiger partial charge in [-0.15, -0.1) is 0 Å². The van der Waals surface area contributed by atoms with Gasteiger partial charge in [0, 0.05) is 0 Å². The molecule has 0 saturated heterocycles. The Kier molecular flexibility index (Phi) is 6.01. The molecule has 1 aromatic heterocycles. The molecular formula is C16H15ClSSe. The van der Waals surface area contributed by atoms with Crippen molar-refractivity contribution in [3.8, 4) is 11.8 Å². The van der Waals surface area contributed by atoms with Gasteiger partial charge in [-0.1, -0.05) is 0 Å². The van der Waals surface area contributed by atoms with E-state index in [1.54, 1.807) is 0 Å². The molecule has 1 aromatic carbocycles. The zero-order chi connectivity index (χ0) is 13.5. The second-order valence-electron chi connectivity index (χ2n) is 4.08. The summed E-state index contributed by atoms with van der Waals surface area (Å²) in [4.78, 5) is 0. The zero-order valence-electron chi connectivity index (χ0n) is 10.8. The summed E-state index contributed by atoms with van der Waals surface area (Å²) in [6.07, 6.45) is 2.60.